The number of ether oxygens (including phenoxy) is 1. The molecule has 2 heterocycles. The molecule has 1 fully saturated rings. The first-order valence-corrected chi connectivity index (χ1v) is 8.48. The Balaban J connectivity index is 1.67. The Bertz CT molecular complexity index is 893. The largest absolute Gasteiger partial charge is 0.491 e. The fraction of sp³-hybridized carbons (Fsp3) is 0.500. The maximum Gasteiger partial charge on any atom is 0.401 e. The molecule has 1 aromatic heterocycles. The van der Waals surface area contributed by atoms with E-state index in [2.05, 4.69) is 5.21 Å². The summed E-state index contributed by atoms with van der Waals surface area (Å²) in [5, 5.41) is 2.83. The Morgan fingerprint density at radius 3 is 2.84 bits per heavy atom. The molecule has 0 radical (unpaired) electrons. The van der Waals surface area contributed by atoms with Gasteiger partial charge in [0.15, 0.2) is 11.5 Å². The minimum absolute atomic E-state index is 0.0257. The zero-order valence-electron chi connectivity index (χ0n) is 13.2. The third-order valence-electron chi connectivity index (χ3n) is 4.68. The molecule has 134 valence electrons. The normalized spacial score (nSPS) is 21.0. The van der Waals surface area contributed by atoms with Gasteiger partial charge >= 0.3 is 5.56 Å². The van der Waals surface area contributed by atoms with Crippen molar-refractivity contribution in [2.75, 3.05) is 6.61 Å². The summed E-state index contributed by atoms with van der Waals surface area (Å²) in [4.78, 5) is 12.5. The van der Waals surface area contributed by atoms with Crippen LogP contribution in [0.4, 0.5) is 13.2 Å². The van der Waals surface area contributed by atoms with Crippen LogP contribution in [0.5, 0.6) is 5.75 Å². The highest BCUT2D eigenvalue weighted by atomic mass is 35.5. The summed E-state index contributed by atoms with van der Waals surface area (Å²) in [5.74, 6) is -4.18. The first-order chi connectivity index (χ1) is 11.9. The van der Waals surface area contributed by atoms with Crippen molar-refractivity contribution in [3.63, 3.8) is 0 Å². The molecule has 1 atom stereocenters. The number of alkyl halides is 2. The van der Waals surface area contributed by atoms with Gasteiger partial charge in [-0.25, -0.2) is 18.0 Å². The molecule has 1 N–H and O–H groups in total. The van der Waals surface area contributed by atoms with Crippen LogP contribution in [-0.2, 0) is 13.0 Å². The van der Waals surface area contributed by atoms with Crippen molar-refractivity contribution in [2.45, 2.75) is 38.2 Å². The van der Waals surface area contributed by atoms with Crippen LogP contribution < -0.4 is 15.0 Å². The van der Waals surface area contributed by atoms with Gasteiger partial charge in [0.05, 0.1) is 17.5 Å². The number of aromatic amines is 1. The van der Waals surface area contributed by atoms with Crippen LogP contribution in [0.25, 0.3) is 5.69 Å². The minimum Gasteiger partial charge on any atom is -0.491 e. The summed E-state index contributed by atoms with van der Waals surface area (Å²) in [7, 11) is 0. The Morgan fingerprint density at radius 2 is 2.16 bits per heavy atom. The van der Waals surface area contributed by atoms with Crippen molar-refractivity contribution in [1.29, 1.82) is 0 Å². The quantitative estimate of drug-likeness (QED) is 0.836. The number of nitrogens with one attached hydrogen (secondary N) is 1. The van der Waals surface area contributed by atoms with Crippen LogP contribution in [0.3, 0.4) is 0 Å². The molecule has 0 bridgehead atoms. The molecule has 1 aliphatic carbocycles. The number of H-pyrrole nitrogens is 1. The summed E-state index contributed by atoms with van der Waals surface area (Å²) in [6.45, 7) is 0.454. The van der Waals surface area contributed by atoms with Gasteiger partial charge in [-0.1, -0.05) is 21.5 Å². The van der Waals surface area contributed by atoms with Crippen molar-refractivity contribution in [1.82, 2.24) is 9.90 Å². The molecule has 4 rings (SSSR count). The molecule has 5 nitrogen and oxygen atoms in total. The van der Waals surface area contributed by atoms with Crippen LogP contribution in [-0.4, -0.2) is 22.4 Å². The zero-order valence-corrected chi connectivity index (χ0v) is 14.0. The van der Waals surface area contributed by atoms with Crippen molar-refractivity contribution >= 4 is 11.6 Å². The number of benzene rings is 1. The second-order valence-electron chi connectivity index (χ2n) is 6.50. The summed E-state index contributed by atoms with van der Waals surface area (Å²) in [6.07, 6.45) is 2.24. The fourth-order valence-corrected chi connectivity index (χ4v) is 3.27. The smallest absolute Gasteiger partial charge is 0.401 e. The van der Waals surface area contributed by atoms with E-state index in [9.17, 15) is 18.0 Å². The van der Waals surface area contributed by atoms with Crippen molar-refractivity contribution in [3.8, 4) is 11.4 Å². The van der Waals surface area contributed by atoms with Crippen molar-refractivity contribution < 1.29 is 22.6 Å². The Morgan fingerprint density at radius 1 is 1.40 bits per heavy atom. The Hall–Kier alpha value is -1.96. The van der Waals surface area contributed by atoms with E-state index in [-0.39, 0.29) is 35.0 Å². The molecule has 2 aromatic rings. The SMILES string of the molecule is O=c1c2[n+]([nH]n1-c1cc(OCC3CC3(F)F)c(Cl)cc1F)CCCC2. The summed E-state index contributed by atoms with van der Waals surface area (Å²) in [6, 6.07) is 2.29. The lowest BCUT2D eigenvalue weighted by molar-refractivity contribution is -0.765. The first-order valence-electron chi connectivity index (χ1n) is 8.10. The lowest BCUT2D eigenvalue weighted by Gasteiger charge is -2.09. The predicted molar refractivity (Wildman–Crippen MR) is 83.0 cm³/mol. The number of nitrogens with zero attached hydrogens (tertiary/aromatic N) is 2. The second kappa shape index (κ2) is 5.79. The summed E-state index contributed by atoms with van der Waals surface area (Å²) in [5.41, 5.74) is 0.204. The summed E-state index contributed by atoms with van der Waals surface area (Å²) >= 11 is 5.95. The van der Waals surface area contributed by atoms with Gasteiger partial charge in [0, 0.05) is 25.0 Å². The third kappa shape index (κ3) is 2.92. The lowest BCUT2D eigenvalue weighted by atomic mass is 10.1. The highest BCUT2D eigenvalue weighted by Gasteiger charge is 2.57. The molecule has 0 amide bonds. The Labute approximate surface area is 145 Å². The average molecular weight is 375 g/mol. The maximum absolute atomic E-state index is 14.3. The number of aromatic nitrogens is 3. The van der Waals surface area contributed by atoms with Crippen molar-refractivity contribution in [3.05, 3.63) is 39.0 Å². The van der Waals surface area contributed by atoms with E-state index in [0.717, 1.165) is 23.6 Å². The minimum atomic E-state index is -2.71. The molecular formula is C16H16ClF3N3O2+. The number of fused-ring (bicyclic) bond motifs is 1. The number of rotatable bonds is 4. The molecule has 0 spiro atoms. The third-order valence-corrected chi connectivity index (χ3v) is 4.98. The zero-order chi connectivity index (χ0) is 17.8. The topological polar surface area (TPSA) is 50.9 Å². The van der Waals surface area contributed by atoms with Gasteiger partial charge in [0.25, 0.3) is 5.92 Å². The average Bonchev–Trinajstić information content (AvgIpc) is 3.04. The van der Waals surface area contributed by atoms with Crippen LogP contribution >= 0.6 is 11.6 Å². The molecule has 25 heavy (non-hydrogen) atoms. The van der Waals surface area contributed by atoms with Crippen LogP contribution in [0, 0.1) is 11.7 Å². The summed E-state index contributed by atoms with van der Waals surface area (Å²) < 4.78 is 48.4. The monoisotopic (exact) mass is 374 g/mol. The van der Waals surface area contributed by atoms with Crippen molar-refractivity contribution in [2.24, 2.45) is 5.92 Å². The number of halogens is 4. The molecule has 1 aromatic carbocycles. The molecule has 9 heteroatoms. The highest BCUT2D eigenvalue weighted by Crippen LogP contribution is 2.48. The van der Waals surface area contributed by atoms with Gasteiger partial charge < -0.3 is 4.74 Å². The molecule has 1 aliphatic heterocycles. The Kier molecular flexibility index (Phi) is 3.82. The van der Waals surface area contributed by atoms with Crippen LogP contribution in [0.15, 0.2) is 16.9 Å². The van der Waals surface area contributed by atoms with E-state index in [1.807, 2.05) is 0 Å². The van der Waals surface area contributed by atoms with E-state index >= 15 is 0 Å². The van der Waals surface area contributed by atoms with Gasteiger partial charge in [-0.05, 0) is 12.8 Å². The van der Waals surface area contributed by atoms with E-state index in [4.69, 9.17) is 16.3 Å². The standard InChI is InChI=1S/C16H15ClF3N3O2/c17-10-5-11(18)13(6-14(10)25-8-9-7-16(9,19)20)23-15(24)12-3-1-2-4-22(12)21-23/h5-6,9H,1-4,7-8H2/p+1. The number of hydrogen-bond acceptors (Lipinski definition) is 2. The molecule has 1 unspecified atom stereocenters. The predicted octanol–water partition coefficient (Wildman–Crippen LogP) is 2.62. The first kappa shape index (κ1) is 16.5. The molecule has 0 saturated heterocycles. The van der Waals surface area contributed by atoms with Gasteiger partial charge in [-0.3, -0.25) is 0 Å². The van der Waals surface area contributed by atoms with E-state index in [0.29, 0.717) is 18.7 Å². The molecule has 1 saturated carbocycles. The van der Waals surface area contributed by atoms with E-state index in [1.165, 1.54) is 6.07 Å². The van der Waals surface area contributed by atoms with Crippen LogP contribution in [0.1, 0.15) is 25.0 Å². The highest BCUT2D eigenvalue weighted by molar-refractivity contribution is 6.32. The molecule has 2 aliphatic rings. The maximum atomic E-state index is 14.3. The second-order valence-corrected chi connectivity index (χ2v) is 6.91. The van der Waals surface area contributed by atoms with Gasteiger partial charge in [-0.15, -0.1) is 0 Å². The molecular weight excluding hydrogens is 359 g/mol. The number of hydrogen-bond donors (Lipinski definition) is 1. The van der Waals surface area contributed by atoms with E-state index < -0.39 is 17.7 Å². The number of aryl methyl sites for hydroxylation is 1. The van der Waals surface area contributed by atoms with Crippen LogP contribution in [0.2, 0.25) is 5.02 Å². The van der Waals surface area contributed by atoms with Gasteiger partial charge in [-0.2, -0.15) is 4.68 Å². The van der Waals surface area contributed by atoms with Gasteiger partial charge in [0.1, 0.15) is 12.3 Å². The van der Waals surface area contributed by atoms with Gasteiger partial charge in [0.2, 0.25) is 5.69 Å². The van der Waals surface area contributed by atoms with E-state index in [1.54, 1.807) is 4.68 Å². The fourth-order valence-electron chi connectivity index (χ4n) is 3.06. The lowest BCUT2D eigenvalue weighted by Crippen LogP contribution is -2.43.